The molecule has 146 valence electrons. The van der Waals surface area contributed by atoms with E-state index in [1.165, 1.54) is 12.1 Å². The van der Waals surface area contributed by atoms with Gasteiger partial charge < -0.3 is 19.2 Å². The van der Waals surface area contributed by atoms with Crippen LogP contribution in [-0.4, -0.2) is 34.9 Å². The zero-order valence-corrected chi connectivity index (χ0v) is 16.3. The second kappa shape index (κ2) is 9.83. The van der Waals surface area contributed by atoms with Crippen molar-refractivity contribution in [2.24, 2.45) is 0 Å². The zero-order valence-electron chi connectivity index (χ0n) is 16.3. The number of rotatable bonds is 5. The number of ether oxygens (including phenoxy) is 2. The van der Waals surface area contributed by atoms with Crippen molar-refractivity contribution in [3.8, 4) is 17.7 Å². The van der Waals surface area contributed by atoms with Crippen molar-refractivity contribution in [3.05, 3.63) is 41.1 Å². The third kappa shape index (κ3) is 4.85. The van der Waals surface area contributed by atoms with Crippen LogP contribution >= 0.6 is 0 Å². The summed E-state index contributed by atoms with van der Waals surface area (Å²) in [5.41, 5.74) is 2.29. The standard InChI is InChI=1S/C17H16BN3O5.C2H6/c1-3-24-16(22)8-14-17-10(2)6-12(7-13(17)18(23)26-14)25-15-5-4-11(9-19)20-21-15;1-2/h4-7,14,23H,3,8H2,1-2H3;1-2H3. The van der Waals surface area contributed by atoms with Gasteiger partial charge in [0.15, 0.2) is 5.69 Å². The number of benzene rings is 1. The van der Waals surface area contributed by atoms with E-state index in [2.05, 4.69) is 10.2 Å². The molecule has 2 heterocycles. The minimum Gasteiger partial charge on any atom is -0.466 e. The second-order valence-corrected chi connectivity index (χ2v) is 5.70. The smallest absolute Gasteiger partial charge is 0.466 e. The summed E-state index contributed by atoms with van der Waals surface area (Å²) in [4.78, 5) is 11.7. The van der Waals surface area contributed by atoms with Gasteiger partial charge in [-0.3, -0.25) is 4.79 Å². The number of fused-ring (bicyclic) bond motifs is 1. The first-order valence-corrected chi connectivity index (χ1v) is 9.07. The Morgan fingerprint density at radius 2 is 2.11 bits per heavy atom. The van der Waals surface area contributed by atoms with Gasteiger partial charge in [0.25, 0.3) is 0 Å². The fourth-order valence-corrected chi connectivity index (χ4v) is 2.87. The molecule has 1 aliphatic rings. The molecule has 28 heavy (non-hydrogen) atoms. The number of carbonyl (C=O) groups is 1. The van der Waals surface area contributed by atoms with Crippen LogP contribution in [0.5, 0.6) is 11.6 Å². The van der Waals surface area contributed by atoms with Gasteiger partial charge >= 0.3 is 13.1 Å². The average molecular weight is 383 g/mol. The molecule has 1 aromatic carbocycles. The highest BCUT2D eigenvalue weighted by Crippen LogP contribution is 2.33. The molecule has 9 heteroatoms. The number of nitriles is 1. The molecule has 0 saturated carbocycles. The largest absolute Gasteiger partial charge is 0.492 e. The molecule has 1 unspecified atom stereocenters. The second-order valence-electron chi connectivity index (χ2n) is 5.70. The van der Waals surface area contributed by atoms with Gasteiger partial charge in [0.1, 0.15) is 11.8 Å². The molecule has 0 fully saturated rings. The van der Waals surface area contributed by atoms with Crippen molar-refractivity contribution in [3.63, 3.8) is 0 Å². The maximum Gasteiger partial charge on any atom is 0.492 e. The highest BCUT2D eigenvalue weighted by Gasteiger charge is 2.38. The van der Waals surface area contributed by atoms with Crippen LogP contribution in [-0.2, 0) is 14.2 Å². The minimum atomic E-state index is -1.15. The number of aryl methyl sites for hydroxylation is 1. The summed E-state index contributed by atoms with van der Waals surface area (Å²) in [7, 11) is -1.15. The van der Waals surface area contributed by atoms with Crippen molar-refractivity contribution < 1.29 is 23.9 Å². The highest BCUT2D eigenvalue weighted by molar-refractivity contribution is 6.62. The van der Waals surface area contributed by atoms with Crippen LogP contribution < -0.4 is 10.2 Å². The Morgan fingerprint density at radius 1 is 1.36 bits per heavy atom. The summed E-state index contributed by atoms with van der Waals surface area (Å²) < 4.78 is 16.1. The van der Waals surface area contributed by atoms with Gasteiger partial charge in [-0.2, -0.15) is 5.26 Å². The molecule has 0 spiro atoms. The molecule has 1 atom stereocenters. The third-order valence-electron chi connectivity index (χ3n) is 3.91. The van der Waals surface area contributed by atoms with Crippen LogP contribution in [0.15, 0.2) is 24.3 Å². The van der Waals surface area contributed by atoms with Gasteiger partial charge in [-0.25, -0.2) is 0 Å². The Balaban J connectivity index is 0.00000136. The Labute approximate surface area is 164 Å². The predicted octanol–water partition coefficient (Wildman–Crippen LogP) is 2.19. The molecule has 1 N–H and O–H groups in total. The minimum absolute atomic E-state index is 0.0278. The lowest BCUT2D eigenvalue weighted by atomic mass is 9.77. The van der Waals surface area contributed by atoms with E-state index in [0.717, 1.165) is 11.1 Å². The molecule has 3 rings (SSSR count). The molecule has 0 aliphatic carbocycles. The van der Waals surface area contributed by atoms with E-state index >= 15 is 0 Å². The SMILES string of the molecule is CC.CCOC(=O)CC1OB(O)c2cc(Oc3ccc(C#N)nn3)cc(C)c21. The summed E-state index contributed by atoms with van der Waals surface area (Å²) in [6.45, 7) is 7.87. The quantitative estimate of drug-likeness (QED) is 0.617. The van der Waals surface area contributed by atoms with Crippen molar-refractivity contribution >= 4 is 18.6 Å². The van der Waals surface area contributed by atoms with Gasteiger partial charge in [0.2, 0.25) is 5.88 Å². The van der Waals surface area contributed by atoms with Gasteiger partial charge in [-0.05, 0) is 48.6 Å². The lowest BCUT2D eigenvalue weighted by molar-refractivity contribution is -0.145. The van der Waals surface area contributed by atoms with Gasteiger partial charge in [-0.15, -0.1) is 10.2 Å². The zero-order chi connectivity index (χ0) is 20.7. The van der Waals surface area contributed by atoms with Crippen LogP contribution in [0.3, 0.4) is 0 Å². The van der Waals surface area contributed by atoms with Gasteiger partial charge in [-0.1, -0.05) is 13.8 Å². The molecule has 0 radical (unpaired) electrons. The molecular formula is C19H22BN3O5. The highest BCUT2D eigenvalue weighted by atomic mass is 16.5. The number of carbonyl (C=O) groups excluding carboxylic acids is 1. The predicted molar refractivity (Wildman–Crippen MR) is 102 cm³/mol. The lowest BCUT2D eigenvalue weighted by Gasteiger charge is -2.14. The van der Waals surface area contributed by atoms with E-state index < -0.39 is 13.2 Å². The number of hydrogen-bond donors (Lipinski definition) is 1. The summed E-state index contributed by atoms with van der Waals surface area (Å²) in [5, 5.41) is 26.4. The van der Waals surface area contributed by atoms with Crippen LogP contribution in [0.25, 0.3) is 0 Å². The van der Waals surface area contributed by atoms with Crippen LogP contribution in [0.2, 0.25) is 0 Å². The molecule has 0 saturated heterocycles. The maximum absolute atomic E-state index is 11.7. The number of nitrogens with zero attached hydrogens (tertiary/aromatic N) is 3. The Bertz CT molecular complexity index is 867. The molecule has 1 aliphatic heterocycles. The van der Waals surface area contributed by atoms with E-state index in [0.29, 0.717) is 17.8 Å². The Kier molecular flexibility index (Phi) is 7.49. The van der Waals surface area contributed by atoms with Crippen molar-refractivity contribution in [2.75, 3.05) is 6.61 Å². The summed E-state index contributed by atoms with van der Waals surface area (Å²) >= 11 is 0. The van der Waals surface area contributed by atoms with Crippen molar-refractivity contribution in [2.45, 2.75) is 40.2 Å². The molecular weight excluding hydrogens is 361 g/mol. The van der Waals surface area contributed by atoms with Crippen LogP contribution in [0, 0.1) is 18.3 Å². The van der Waals surface area contributed by atoms with Crippen LogP contribution in [0.4, 0.5) is 0 Å². The first kappa shape index (κ1) is 21.3. The first-order chi connectivity index (χ1) is 13.5. The molecule has 2 aromatic rings. The Morgan fingerprint density at radius 3 is 2.71 bits per heavy atom. The Hall–Kier alpha value is -2.96. The van der Waals surface area contributed by atoms with Gasteiger partial charge in [0.05, 0.1) is 19.1 Å². The molecule has 0 bridgehead atoms. The fraction of sp³-hybridized carbons (Fsp3) is 0.368. The molecule has 1 aromatic heterocycles. The normalized spacial score (nSPS) is 14.4. The summed E-state index contributed by atoms with van der Waals surface area (Å²) in [6.07, 6.45) is -0.539. The maximum atomic E-state index is 11.7. The molecule has 0 amide bonds. The summed E-state index contributed by atoms with van der Waals surface area (Å²) in [6, 6.07) is 8.31. The monoisotopic (exact) mass is 383 g/mol. The van der Waals surface area contributed by atoms with Gasteiger partial charge in [0, 0.05) is 6.07 Å². The van der Waals surface area contributed by atoms with Crippen molar-refractivity contribution in [1.82, 2.24) is 10.2 Å². The number of esters is 1. The average Bonchev–Trinajstić information content (AvgIpc) is 3.00. The number of aromatic nitrogens is 2. The van der Waals surface area contributed by atoms with E-state index in [1.807, 2.05) is 26.8 Å². The van der Waals surface area contributed by atoms with Crippen LogP contribution in [0.1, 0.15) is 50.1 Å². The number of hydrogen-bond acceptors (Lipinski definition) is 8. The van der Waals surface area contributed by atoms with E-state index in [1.54, 1.807) is 19.1 Å². The van der Waals surface area contributed by atoms with Crippen molar-refractivity contribution in [1.29, 1.82) is 5.26 Å². The third-order valence-corrected chi connectivity index (χ3v) is 3.91. The molecule has 8 nitrogen and oxygen atoms in total. The summed E-state index contributed by atoms with van der Waals surface area (Å²) in [5.74, 6) is 0.282. The van der Waals surface area contributed by atoms with E-state index in [4.69, 9.17) is 19.4 Å². The first-order valence-electron chi connectivity index (χ1n) is 9.07. The fourth-order valence-electron chi connectivity index (χ4n) is 2.87. The lowest BCUT2D eigenvalue weighted by Crippen LogP contribution is -2.28. The topological polar surface area (TPSA) is 115 Å². The van der Waals surface area contributed by atoms with E-state index in [9.17, 15) is 9.82 Å². The van der Waals surface area contributed by atoms with E-state index in [-0.39, 0.29) is 24.0 Å².